The average molecular weight is 314 g/mol. The van der Waals surface area contributed by atoms with E-state index in [1.54, 1.807) is 6.20 Å². The smallest absolute Gasteiger partial charge is 0.103 e. The summed E-state index contributed by atoms with van der Waals surface area (Å²) in [6.45, 7) is 1.68. The molecule has 1 aliphatic carbocycles. The normalized spacial score (nSPS) is 22.5. The predicted octanol–water partition coefficient (Wildman–Crippen LogP) is 3.74. The van der Waals surface area contributed by atoms with Crippen LogP contribution in [0, 0.1) is 16.7 Å². The molecule has 0 radical (unpaired) electrons. The van der Waals surface area contributed by atoms with Gasteiger partial charge in [-0.1, -0.05) is 11.6 Å². The van der Waals surface area contributed by atoms with E-state index in [1.165, 1.54) is 0 Å². The molecule has 1 saturated carbocycles. The van der Waals surface area contributed by atoms with E-state index >= 15 is 0 Å². The second-order valence-corrected chi connectivity index (χ2v) is 6.63. The lowest BCUT2D eigenvalue weighted by molar-refractivity contribution is 0.0567. The van der Waals surface area contributed by atoms with E-state index in [1.807, 2.05) is 18.2 Å². The van der Waals surface area contributed by atoms with Crippen molar-refractivity contribution in [3.63, 3.8) is 0 Å². The zero-order valence-electron chi connectivity index (χ0n) is 12.1. The summed E-state index contributed by atoms with van der Waals surface area (Å²) in [6.07, 6.45) is 4.97. The molecule has 22 heavy (non-hydrogen) atoms. The number of halogens is 1. The molecule has 1 unspecified atom stereocenters. The highest BCUT2D eigenvalue weighted by Crippen LogP contribution is 2.55. The molecule has 0 bridgehead atoms. The molecule has 112 valence electrons. The number of pyridine rings is 1. The van der Waals surface area contributed by atoms with Gasteiger partial charge in [-0.05, 0) is 42.9 Å². The maximum atomic E-state index is 9.40. The minimum Gasteiger partial charge on any atom is -0.381 e. The third-order valence-electron chi connectivity index (χ3n) is 4.95. The standard InChI is InChI=1S/C17H16ClN3O/c18-12-1-2-14-13(7-12)16(11(9-19)10-20-14)21-15-8-17(15)3-5-22-6-4-17/h1-2,7,10,15H,3-6,8H2,(H,20,21). The summed E-state index contributed by atoms with van der Waals surface area (Å²) in [5, 5.41) is 14.6. The first-order valence-electron chi connectivity index (χ1n) is 7.54. The second-order valence-electron chi connectivity index (χ2n) is 6.20. The SMILES string of the molecule is N#Cc1cnc2ccc(Cl)cc2c1NC1CC12CCOCC2. The predicted molar refractivity (Wildman–Crippen MR) is 86.0 cm³/mol. The van der Waals surface area contributed by atoms with Gasteiger partial charge in [-0.25, -0.2) is 0 Å². The Morgan fingerprint density at radius 3 is 2.95 bits per heavy atom. The number of nitrogens with zero attached hydrogens (tertiary/aromatic N) is 2. The fourth-order valence-electron chi connectivity index (χ4n) is 3.46. The van der Waals surface area contributed by atoms with Crippen molar-refractivity contribution in [2.24, 2.45) is 5.41 Å². The number of nitrogens with one attached hydrogen (secondary N) is 1. The monoisotopic (exact) mass is 313 g/mol. The lowest BCUT2D eigenvalue weighted by Gasteiger charge is -2.23. The average Bonchev–Trinajstić information content (AvgIpc) is 3.19. The highest BCUT2D eigenvalue weighted by Gasteiger charge is 2.54. The molecule has 1 aromatic carbocycles. The quantitative estimate of drug-likeness (QED) is 0.917. The fourth-order valence-corrected chi connectivity index (χ4v) is 3.63. The summed E-state index contributed by atoms with van der Waals surface area (Å²) < 4.78 is 5.47. The third-order valence-corrected chi connectivity index (χ3v) is 5.18. The van der Waals surface area contributed by atoms with Gasteiger partial charge in [0.1, 0.15) is 6.07 Å². The Morgan fingerprint density at radius 2 is 2.18 bits per heavy atom. The lowest BCUT2D eigenvalue weighted by atomic mass is 9.96. The molecule has 0 amide bonds. The number of ether oxygens (including phenoxy) is 1. The van der Waals surface area contributed by atoms with E-state index in [2.05, 4.69) is 16.4 Å². The van der Waals surface area contributed by atoms with Crippen LogP contribution in [0.4, 0.5) is 5.69 Å². The number of benzene rings is 1. The van der Waals surface area contributed by atoms with Gasteiger partial charge in [0.25, 0.3) is 0 Å². The number of hydrogen-bond donors (Lipinski definition) is 1. The van der Waals surface area contributed by atoms with Crippen molar-refractivity contribution < 1.29 is 4.74 Å². The molecule has 5 heteroatoms. The Labute approximate surface area is 134 Å². The van der Waals surface area contributed by atoms with Gasteiger partial charge in [0.15, 0.2) is 0 Å². The molecule has 4 rings (SSSR count). The van der Waals surface area contributed by atoms with Crippen molar-refractivity contribution >= 4 is 28.2 Å². The van der Waals surface area contributed by atoms with Crippen molar-refractivity contribution in [2.45, 2.75) is 25.3 Å². The molecule has 2 fully saturated rings. The summed E-state index contributed by atoms with van der Waals surface area (Å²) in [5.74, 6) is 0. The molecule has 1 aromatic heterocycles. The lowest BCUT2D eigenvalue weighted by Crippen LogP contribution is -2.23. The Morgan fingerprint density at radius 1 is 1.36 bits per heavy atom. The maximum absolute atomic E-state index is 9.40. The third kappa shape index (κ3) is 2.22. The molecule has 1 aliphatic heterocycles. The van der Waals surface area contributed by atoms with Crippen LogP contribution in [0.5, 0.6) is 0 Å². The summed E-state index contributed by atoms with van der Waals surface area (Å²) in [7, 11) is 0. The maximum Gasteiger partial charge on any atom is 0.103 e. The van der Waals surface area contributed by atoms with E-state index in [-0.39, 0.29) is 0 Å². The minimum atomic E-state index is 0.346. The van der Waals surface area contributed by atoms with Crippen LogP contribution >= 0.6 is 11.6 Å². The van der Waals surface area contributed by atoms with Gasteiger partial charge >= 0.3 is 0 Å². The van der Waals surface area contributed by atoms with Crippen molar-refractivity contribution in [3.8, 4) is 6.07 Å². The zero-order valence-corrected chi connectivity index (χ0v) is 12.9. The molecule has 1 atom stereocenters. The van der Waals surface area contributed by atoms with E-state index in [0.29, 0.717) is 22.0 Å². The molecule has 2 aromatic rings. The largest absolute Gasteiger partial charge is 0.381 e. The number of hydrogen-bond acceptors (Lipinski definition) is 4. The van der Waals surface area contributed by atoms with Gasteiger partial charge < -0.3 is 10.1 Å². The van der Waals surface area contributed by atoms with Crippen LogP contribution in [-0.2, 0) is 4.74 Å². The van der Waals surface area contributed by atoms with Crippen molar-refractivity contribution in [1.29, 1.82) is 5.26 Å². The molecule has 4 nitrogen and oxygen atoms in total. The van der Waals surface area contributed by atoms with Gasteiger partial charge in [0, 0.05) is 35.9 Å². The molecular formula is C17H16ClN3O. The summed E-state index contributed by atoms with van der Waals surface area (Å²) in [6, 6.07) is 8.24. The number of rotatable bonds is 2. The van der Waals surface area contributed by atoms with E-state index in [9.17, 15) is 5.26 Å². The van der Waals surface area contributed by atoms with Crippen LogP contribution in [0.2, 0.25) is 5.02 Å². The van der Waals surface area contributed by atoms with Crippen LogP contribution in [0.25, 0.3) is 10.9 Å². The zero-order chi connectivity index (χ0) is 15.2. The fraction of sp³-hybridized carbons (Fsp3) is 0.412. The Kier molecular flexibility index (Phi) is 3.21. The first kappa shape index (κ1) is 13.8. The van der Waals surface area contributed by atoms with E-state index < -0.39 is 0 Å². The molecule has 1 spiro atoms. The van der Waals surface area contributed by atoms with E-state index in [4.69, 9.17) is 16.3 Å². The highest BCUT2D eigenvalue weighted by molar-refractivity contribution is 6.31. The second kappa shape index (κ2) is 5.12. The van der Waals surface area contributed by atoms with Crippen LogP contribution in [-0.4, -0.2) is 24.2 Å². The van der Waals surface area contributed by atoms with Crippen LogP contribution in [0.15, 0.2) is 24.4 Å². The number of fused-ring (bicyclic) bond motifs is 1. The topological polar surface area (TPSA) is 57.9 Å². The highest BCUT2D eigenvalue weighted by atomic mass is 35.5. The van der Waals surface area contributed by atoms with Gasteiger partial charge in [0.2, 0.25) is 0 Å². The first-order chi connectivity index (χ1) is 10.7. The summed E-state index contributed by atoms with van der Waals surface area (Å²) in [4.78, 5) is 4.34. The molecule has 2 heterocycles. The minimum absolute atomic E-state index is 0.346. The van der Waals surface area contributed by atoms with Crippen LogP contribution < -0.4 is 5.32 Å². The van der Waals surface area contributed by atoms with E-state index in [0.717, 1.165) is 49.1 Å². The molecule has 2 aliphatic rings. The van der Waals surface area contributed by atoms with Gasteiger partial charge in [0.05, 0.1) is 16.8 Å². The Hall–Kier alpha value is -1.83. The van der Waals surface area contributed by atoms with Crippen molar-refractivity contribution in [3.05, 3.63) is 35.0 Å². The Balaban J connectivity index is 1.71. The first-order valence-corrected chi connectivity index (χ1v) is 7.92. The molecule has 1 saturated heterocycles. The van der Waals surface area contributed by atoms with Gasteiger partial charge in [-0.3, -0.25) is 4.98 Å². The van der Waals surface area contributed by atoms with Gasteiger partial charge in [-0.15, -0.1) is 0 Å². The van der Waals surface area contributed by atoms with Crippen LogP contribution in [0.3, 0.4) is 0 Å². The molecule has 1 N–H and O–H groups in total. The molecular weight excluding hydrogens is 298 g/mol. The van der Waals surface area contributed by atoms with Gasteiger partial charge in [-0.2, -0.15) is 5.26 Å². The van der Waals surface area contributed by atoms with Crippen LogP contribution in [0.1, 0.15) is 24.8 Å². The summed E-state index contributed by atoms with van der Waals surface area (Å²) in [5.41, 5.74) is 2.64. The number of aromatic nitrogens is 1. The number of anilines is 1. The Bertz CT molecular complexity index is 777. The van der Waals surface area contributed by atoms with Crippen molar-refractivity contribution in [2.75, 3.05) is 18.5 Å². The number of nitriles is 1. The van der Waals surface area contributed by atoms with Crippen molar-refractivity contribution in [1.82, 2.24) is 4.98 Å². The summed E-state index contributed by atoms with van der Waals surface area (Å²) >= 11 is 6.13.